The zero-order valence-electron chi connectivity index (χ0n) is 11.7. The van der Waals surface area contributed by atoms with Crippen LogP contribution in [0.5, 0.6) is 0 Å². The molecular weight excluding hydrogens is 320 g/mol. The number of benzene rings is 1. The summed E-state index contributed by atoms with van der Waals surface area (Å²) in [6.45, 7) is 4.46. The van der Waals surface area contributed by atoms with Crippen molar-refractivity contribution in [2.24, 2.45) is 0 Å². The van der Waals surface area contributed by atoms with Crippen molar-refractivity contribution in [3.63, 3.8) is 0 Å². The highest BCUT2D eigenvalue weighted by Crippen LogP contribution is 2.20. The quantitative estimate of drug-likeness (QED) is 0.839. The fourth-order valence-electron chi connectivity index (χ4n) is 2.33. The molecule has 1 aliphatic rings. The van der Waals surface area contributed by atoms with Crippen LogP contribution in [0.1, 0.15) is 32.3 Å². The molecule has 0 bridgehead atoms. The van der Waals surface area contributed by atoms with Crippen molar-refractivity contribution in [2.45, 2.75) is 45.3 Å². The number of rotatable bonds is 5. The van der Waals surface area contributed by atoms with E-state index in [1.165, 1.54) is 4.90 Å². The number of hydrogen-bond donors (Lipinski definition) is 1. The lowest BCUT2D eigenvalue weighted by Gasteiger charge is -2.21. The van der Waals surface area contributed by atoms with Crippen LogP contribution in [0.15, 0.2) is 28.7 Å². The summed E-state index contributed by atoms with van der Waals surface area (Å²) in [5, 5.41) is 3.19. The van der Waals surface area contributed by atoms with E-state index in [1.807, 2.05) is 38.1 Å². The Labute approximate surface area is 127 Å². The number of nitrogens with one attached hydrogen (secondary N) is 1. The molecule has 2 unspecified atom stereocenters. The van der Waals surface area contributed by atoms with Crippen LogP contribution in [0, 0.1) is 0 Å². The Balaban J connectivity index is 2.00. The van der Waals surface area contributed by atoms with E-state index in [0.29, 0.717) is 6.54 Å². The number of likely N-dealkylation sites (tertiary alicyclic amines) is 1. The Morgan fingerprint density at radius 3 is 2.75 bits per heavy atom. The van der Waals surface area contributed by atoms with Gasteiger partial charge in [0.1, 0.15) is 0 Å². The average Bonchev–Trinajstić information content (AvgIpc) is 2.72. The van der Waals surface area contributed by atoms with Gasteiger partial charge in [-0.25, -0.2) is 0 Å². The third-order valence-electron chi connectivity index (χ3n) is 3.71. The summed E-state index contributed by atoms with van der Waals surface area (Å²) in [6, 6.07) is 7.43. The molecule has 2 rings (SSSR count). The molecule has 1 heterocycles. The van der Waals surface area contributed by atoms with E-state index in [2.05, 4.69) is 21.2 Å². The number of carbonyl (C=O) groups is 2. The zero-order chi connectivity index (χ0) is 14.7. The first-order valence-electron chi connectivity index (χ1n) is 6.87. The smallest absolute Gasteiger partial charge is 0.247 e. The lowest BCUT2D eigenvalue weighted by atomic mass is 10.2. The summed E-state index contributed by atoms with van der Waals surface area (Å²) < 4.78 is 1.00. The molecule has 1 saturated heterocycles. The zero-order valence-corrected chi connectivity index (χ0v) is 13.3. The fourth-order valence-corrected chi connectivity index (χ4v) is 2.76. The third kappa shape index (κ3) is 3.10. The molecule has 1 aliphatic heterocycles. The van der Waals surface area contributed by atoms with E-state index in [0.717, 1.165) is 16.5 Å². The van der Waals surface area contributed by atoms with Crippen molar-refractivity contribution in [1.82, 2.24) is 10.2 Å². The first-order valence-corrected chi connectivity index (χ1v) is 7.66. The highest BCUT2D eigenvalue weighted by molar-refractivity contribution is 9.10. The largest absolute Gasteiger partial charge is 0.301 e. The lowest BCUT2D eigenvalue weighted by Crippen LogP contribution is -2.42. The third-order valence-corrected chi connectivity index (χ3v) is 4.48. The average molecular weight is 339 g/mol. The van der Waals surface area contributed by atoms with Crippen LogP contribution in [-0.4, -0.2) is 28.8 Å². The van der Waals surface area contributed by atoms with Crippen LogP contribution in [0.4, 0.5) is 0 Å². The standard InChI is InChI=1S/C15H19BrN2O2/c1-3-10(2)18-14(19)8-13(15(18)20)17-9-11-6-4-5-7-12(11)16/h4-7,10,13,17H,3,8-9H2,1-2H3. The molecule has 0 aromatic heterocycles. The maximum Gasteiger partial charge on any atom is 0.247 e. The van der Waals surface area contributed by atoms with Gasteiger partial charge < -0.3 is 5.32 Å². The summed E-state index contributed by atoms with van der Waals surface area (Å²) in [4.78, 5) is 25.6. The van der Waals surface area contributed by atoms with Gasteiger partial charge >= 0.3 is 0 Å². The maximum atomic E-state index is 12.3. The van der Waals surface area contributed by atoms with Crippen LogP contribution < -0.4 is 5.32 Å². The van der Waals surface area contributed by atoms with E-state index in [1.54, 1.807) is 0 Å². The Kier molecular flexibility index (Phi) is 4.94. The molecule has 1 N–H and O–H groups in total. The number of halogens is 1. The van der Waals surface area contributed by atoms with Crippen molar-refractivity contribution in [1.29, 1.82) is 0 Å². The molecule has 20 heavy (non-hydrogen) atoms. The number of hydrogen-bond acceptors (Lipinski definition) is 3. The van der Waals surface area contributed by atoms with Gasteiger partial charge in [-0.1, -0.05) is 41.1 Å². The molecule has 108 valence electrons. The van der Waals surface area contributed by atoms with Gasteiger partial charge in [0.25, 0.3) is 0 Å². The van der Waals surface area contributed by atoms with Crippen molar-refractivity contribution in [2.75, 3.05) is 0 Å². The molecule has 0 radical (unpaired) electrons. The highest BCUT2D eigenvalue weighted by atomic mass is 79.9. The molecule has 1 aromatic carbocycles. The van der Waals surface area contributed by atoms with Crippen LogP contribution in [0.2, 0.25) is 0 Å². The Morgan fingerprint density at radius 1 is 1.40 bits per heavy atom. The van der Waals surface area contributed by atoms with E-state index >= 15 is 0 Å². The Bertz CT molecular complexity index is 518. The van der Waals surface area contributed by atoms with Gasteiger partial charge in [-0.15, -0.1) is 0 Å². The summed E-state index contributed by atoms with van der Waals surface area (Å²) in [7, 11) is 0. The van der Waals surface area contributed by atoms with Gasteiger partial charge in [0.15, 0.2) is 0 Å². The predicted molar refractivity (Wildman–Crippen MR) is 81.0 cm³/mol. The van der Waals surface area contributed by atoms with Gasteiger partial charge in [-0.05, 0) is 25.0 Å². The molecule has 0 aliphatic carbocycles. The van der Waals surface area contributed by atoms with Gasteiger partial charge in [0, 0.05) is 17.1 Å². The Hall–Kier alpha value is -1.20. The van der Waals surface area contributed by atoms with Crippen molar-refractivity contribution < 1.29 is 9.59 Å². The van der Waals surface area contributed by atoms with Crippen molar-refractivity contribution in [3.05, 3.63) is 34.3 Å². The SMILES string of the molecule is CCC(C)N1C(=O)CC(NCc2ccccc2Br)C1=O. The van der Waals surface area contributed by atoms with E-state index in [4.69, 9.17) is 0 Å². The summed E-state index contributed by atoms with van der Waals surface area (Å²) in [5.74, 6) is -0.176. The fraction of sp³-hybridized carbons (Fsp3) is 0.467. The molecule has 1 aromatic rings. The second kappa shape index (κ2) is 6.50. The van der Waals surface area contributed by atoms with Gasteiger partial charge in [-0.3, -0.25) is 14.5 Å². The molecular formula is C15H19BrN2O2. The normalized spacial score (nSPS) is 20.6. The molecule has 0 spiro atoms. The van der Waals surface area contributed by atoms with Gasteiger partial charge in [0.05, 0.1) is 12.5 Å². The molecule has 5 heteroatoms. The maximum absolute atomic E-state index is 12.3. The van der Waals surface area contributed by atoms with E-state index in [9.17, 15) is 9.59 Å². The molecule has 4 nitrogen and oxygen atoms in total. The first-order chi connectivity index (χ1) is 9.54. The summed E-state index contributed by atoms with van der Waals surface area (Å²) in [6.07, 6.45) is 1.04. The van der Waals surface area contributed by atoms with E-state index < -0.39 is 6.04 Å². The van der Waals surface area contributed by atoms with Crippen LogP contribution in [0.3, 0.4) is 0 Å². The second-order valence-corrected chi connectivity index (χ2v) is 5.94. The summed E-state index contributed by atoms with van der Waals surface area (Å²) >= 11 is 3.48. The lowest BCUT2D eigenvalue weighted by molar-refractivity contribution is -0.141. The van der Waals surface area contributed by atoms with Crippen LogP contribution >= 0.6 is 15.9 Å². The molecule has 2 atom stereocenters. The molecule has 1 fully saturated rings. The second-order valence-electron chi connectivity index (χ2n) is 5.09. The van der Waals surface area contributed by atoms with Gasteiger partial charge in [0.2, 0.25) is 11.8 Å². The minimum absolute atomic E-state index is 0.0229. The van der Waals surface area contributed by atoms with Gasteiger partial charge in [-0.2, -0.15) is 0 Å². The predicted octanol–water partition coefficient (Wildman–Crippen LogP) is 2.46. The number of amides is 2. The number of imide groups is 1. The minimum Gasteiger partial charge on any atom is -0.301 e. The first kappa shape index (κ1) is 15.2. The van der Waals surface area contributed by atoms with Crippen LogP contribution in [-0.2, 0) is 16.1 Å². The molecule has 2 amide bonds. The topological polar surface area (TPSA) is 49.4 Å². The molecule has 0 saturated carbocycles. The highest BCUT2D eigenvalue weighted by Gasteiger charge is 2.40. The minimum atomic E-state index is -0.399. The monoisotopic (exact) mass is 338 g/mol. The summed E-state index contributed by atoms with van der Waals surface area (Å²) in [5.41, 5.74) is 1.08. The Morgan fingerprint density at radius 2 is 2.10 bits per heavy atom. The van der Waals surface area contributed by atoms with Crippen LogP contribution in [0.25, 0.3) is 0 Å². The van der Waals surface area contributed by atoms with E-state index in [-0.39, 0.29) is 24.3 Å². The number of carbonyl (C=O) groups excluding carboxylic acids is 2. The van der Waals surface area contributed by atoms with Crippen molar-refractivity contribution in [3.8, 4) is 0 Å². The number of nitrogens with zero attached hydrogens (tertiary/aromatic N) is 1. The van der Waals surface area contributed by atoms with Crippen molar-refractivity contribution >= 4 is 27.7 Å².